The Kier molecular flexibility index (Phi) is 4.61. The minimum atomic E-state index is -1.09. The normalized spacial score (nSPS) is 10.9. The lowest BCUT2D eigenvalue weighted by atomic mass is 10.1. The number of aromatic carboxylic acids is 1. The largest absolute Gasteiger partial charge is 0.478 e. The van der Waals surface area contributed by atoms with Gasteiger partial charge in [-0.25, -0.2) is 9.59 Å². The van der Waals surface area contributed by atoms with Crippen molar-refractivity contribution in [3.63, 3.8) is 0 Å². The van der Waals surface area contributed by atoms with Crippen molar-refractivity contribution in [3.05, 3.63) is 21.3 Å². The molecular weight excluding hydrogens is 363 g/mol. The summed E-state index contributed by atoms with van der Waals surface area (Å²) in [4.78, 5) is 22.6. The molecular formula is C12H15IN2O4. The van der Waals surface area contributed by atoms with E-state index in [-0.39, 0.29) is 16.9 Å². The number of nitrogens with one attached hydrogen (secondary N) is 1. The molecule has 4 N–H and O–H groups in total. The highest BCUT2D eigenvalue weighted by Crippen LogP contribution is 2.25. The van der Waals surface area contributed by atoms with Gasteiger partial charge in [-0.2, -0.15) is 0 Å². The summed E-state index contributed by atoms with van der Waals surface area (Å²) >= 11 is 1.87. The number of halogens is 1. The summed E-state index contributed by atoms with van der Waals surface area (Å²) in [5.74, 6) is -1.09. The second-order valence-corrected chi connectivity index (χ2v) is 6.01. The number of rotatable bonds is 2. The van der Waals surface area contributed by atoms with Crippen LogP contribution in [0.25, 0.3) is 0 Å². The first-order valence-electron chi connectivity index (χ1n) is 5.42. The van der Waals surface area contributed by atoms with E-state index < -0.39 is 17.7 Å². The van der Waals surface area contributed by atoms with Crippen LogP contribution in [-0.4, -0.2) is 22.8 Å². The fraction of sp³-hybridized carbons (Fsp3) is 0.333. The van der Waals surface area contributed by atoms with E-state index in [1.165, 1.54) is 12.1 Å². The van der Waals surface area contributed by atoms with Gasteiger partial charge in [0.2, 0.25) is 0 Å². The third-order valence-corrected chi connectivity index (χ3v) is 2.90. The smallest absolute Gasteiger partial charge is 0.412 e. The van der Waals surface area contributed by atoms with Gasteiger partial charge in [-0.15, -0.1) is 0 Å². The zero-order valence-electron chi connectivity index (χ0n) is 10.8. The van der Waals surface area contributed by atoms with Crippen LogP contribution in [0, 0.1) is 3.57 Å². The highest BCUT2D eigenvalue weighted by atomic mass is 127. The van der Waals surface area contributed by atoms with Crippen LogP contribution in [0.15, 0.2) is 12.1 Å². The Hall–Kier alpha value is -1.51. The van der Waals surface area contributed by atoms with Gasteiger partial charge in [-0.05, 0) is 55.5 Å². The number of anilines is 2. The molecule has 0 fully saturated rings. The van der Waals surface area contributed by atoms with Gasteiger partial charge in [-0.1, -0.05) is 0 Å². The van der Waals surface area contributed by atoms with E-state index in [1.807, 2.05) is 22.6 Å². The molecule has 0 heterocycles. The molecule has 1 rings (SSSR count). The summed E-state index contributed by atoms with van der Waals surface area (Å²) in [7, 11) is 0. The molecule has 0 unspecified atom stereocenters. The fourth-order valence-electron chi connectivity index (χ4n) is 1.27. The predicted molar refractivity (Wildman–Crippen MR) is 80.4 cm³/mol. The van der Waals surface area contributed by atoms with Gasteiger partial charge < -0.3 is 15.6 Å². The number of amides is 1. The molecule has 19 heavy (non-hydrogen) atoms. The van der Waals surface area contributed by atoms with Crippen molar-refractivity contribution >= 4 is 46.0 Å². The summed E-state index contributed by atoms with van der Waals surface area (Å²) in [6, 6.07) is 2.79. The second-order valence-electron chi connectivity index (χ2n) is 4.85. The predicted octanol–water partition coefficient (Wildman–Crippen LogP) is 2.92. The van der Waals surface area contributed by atoms with Crippen LogP contribution in [0.2, 0.25) is 0 Å². The number of carbonyl (C=O) groups is 2. The highest BCUT2D eigenvalue weighted by Gasteiger charge is 2.18. The van der Waals surface area contributed by atoms with Crippen molar-refractivity contribution in [3.8, 4) is 0 Å². The summed E-state index contributed by atoms with van der Waals surface area (Å²) in [5, 5.41) is 11.4. The van der Waals surface area contributed by atoms with Gasteiger partial charge >= 0.3 is 12.1 Å². The van der Waals surface area contributed by atoms with Crippen molar-refractivity contribution in [2.75, 3.05) is 11.1 Å². The van der Waals surface area contributed by atoms with Crippen molar-refractivity contribution in [2.24, 2.45) is 0 Å². The zero-order valence-corrected chi connectivity index (χ0v) is 12.9. The summed E-state index contributed by atoms with van der Waals surface area (Å²) in [5.41, 5.74) is 5.66. The van der Waals surface area contributed by atoms with Crippen LogP contribution in [0.5, 0.6) is 0 Å². The van der Waals surface area contributed by atoms with Crippen molar-refractivity contribution in [1.82, 2.24) is 0 Å². The molecule has 0 aliphatic heterocycles. The van der Waals surface area contributed by atoms with E-state index in [0.29, 0.717) is 3.57 Å². The molecule has 0 radical (unpaired) electrons. The third kappa shape index (κ3) is 4.58. The van der Waals surface area contributed by atoms with Crippen molar-refractivity contribution in [1.29, 1.82) is 0 Å². The van der Waals surface area contributed by atoms with Gasteiger partial charge in [-0.3, -0.25) is 5.32 Å². The lowest BCUT2D eigenvalue weighted by Gasteiger charge is -2.20. The Bertz CT molecular complexity index is 523. The van der Waals surface area contributed by atoms with E-state index in [2.05, 4.69) is 5.32 Å². The molecule has 0 aromatic heterocycles. The molecule has 1 aromatic carbocycles. The minimum absolute atomic E-state index is 0.0702. The van der Waals surface area contributed by atoms with E-state index in [4.69, 9.17) is 15.6 Å². The molecule has 6 nitrogen and oxygen atoms in total. The molecule has 0 aliphatic carbocycles. The number of carboxylic acids is 1. The first-order chi connectivity index (χ1) is 8.60. The number of benzene rings is 1. The molecule has 0 spiro atoms. The molecule has 0 aliphatic rings. The van der Waals surface area contributed by atoms with Gasteiger partial charge in [0.25, 0.3) is 0 Å². The minimum Gasteiger partial charge on any atom is -0.478 e. The Morgan fingerprint density at radius 2 is 1.95 bits per heavy atom. The average Bonchev–Trinajstić information content (AvgIpc) is 2.18. The Balaban J connectivity index is 2.99. The Morgan fingerprint density at radius 1 is 1.37 bits per heavy atom. The molecule has 104 valence electrons. The Morgan fingerprint density at radius 3 is 2.42 bits per heavy atom. The van der Waals surface area contributed by atoms with Crippen LogP contribution in [0.4, 0.5) is 16.2 Å². The van der Waals surface area contributed by atoms with Gasteiger partial charge in [0, 0.05) is 3.57 Å². The van der Waals surface area contributed by atoms with Crippen LogP contribution in [-0.2, 0) is 4.74 Å². The lowest BCUT2D eigenvalue weighted by molar-refractivity contribution is 0.0633. The lowest BCUT2D eigenvalue weighted by Crippen LogP contribution is -2.27. The number of nitrogen functional groups attached to an aromatic ring is 1. The summed E-state index contributed by atoms with van der Waals surface area (Å²) < 4.78 is 5.57. The van der Waals surface area contributed by atoms with E-state index in [1.54, 1.807) is 20.8 Å². The summed E-state index contributed by atoms with van der Waals surface area (Å²) in [6.07, 6.45) is -0.684. The molecule has 0 saturated carbocycles. The topological polar surface area (TPSA) is 102 Å². The van der Waals surface area contributed by atoms with Gasteiger partial charge in [0.1, 0.15) is 5.60 Å². The second kappa shape index (κ2) is 5.64. The number of carbonyl (C=O) groups excluding carboxylic acids is 1. The maximum Gasteiger partial charge on any atom is 0.412 e. The van der Waals surface area contributed by atoms with E-state index in [0.717, 1.165) is 0 Å². The number of ether oxygens (including phenoxy) is 1. The molecule has 0 atom stereocenters. The third-order valence-electron chi connectivity index (χ3n) is 2.01. The first kappa shape index (κ1) is 15.5. The SMILES string of the molecule is CC(C)(C)OC(=O)Nc1cc(C(=O)O)c(I)cc1N. The number of hydrogen-bond acceptors (Lipinski definition) is 4. The van der Waals surface area contributed by atoms with Crippen LogP contribution in [0.1, 0.15) is 31.1 Å². The maximum absolute atomic E-state index is 11.6. The first-order valence-corrected chi connectivity index (χ1v) is 6.50. The quantitative estimate of drug-likeness (QED) is 0.543. The zero-order chi connectivity index (χ0) is 14.8. The Labute approximate surface area is 124 Å². The van der Waals surface area contributed by atoms with Gasteiger partial charge in [0.15, 0.2) is 0 Å². The van der Waals surface area contributed by atoms with Crippen molar-refractivity contribution in [2.45, 2.75) is 26.4 Å². The fourth-order valence-corrected chi connectivity index (χ4v) is 2.00. The average molecular weight is 378 g/mol. The molecule has 0 saturated heterocycles. The van der Waals surface area contributed by atoms with Crippen molar-refractivity contribution < 1.29 is 19.4 Å². The number of hydrogen-bond donors (Lipinski definition) is 3. The van der Waals surface area contributed by atoms with E-state index >= 15 is 0 Å². The van der Waals surface area contributed by atoms with E-state index in [9.17, 15) is 9.59 Å². The van der Waals surface area contributed by atoms with Crippen LogP contribution >= 0.6 is 22.6 Å². The standard InChI is InChI=1S/C12H15IN2O4/c1-12(2,3)19-11(18)15-9-4-6(10(16)17)7(13)5-8(9)14/h4-5H,14H2,1-3H3,(H,15,18)(H,16,17). The molecule has 1 aromatic rings. The number of carboxylic acid groups (broad SMARTS) is 1. The molecule has 7 heteroatoms. The van der Waals surface area contributed by atoms with Crippen LogP contribution < -0.4 is 11.1 Å². The molecule has 0 bridgehead atoms. The highest BCUT2D eigenvalue weighted by molar-refractivity contribution is 14.1. The monoisotopic (exact) mass is 378 g/mol. The number of nitrogens with two attached hydrogens (primary N) is 1. The maximum atomic E-state index is 11.6. The van der Waals surface area contributed by atoms with Gasteiger partial charge in [0.05, 0.1) is 16.9 Å². The summed E-state index contributed by atoms with van der Waals surface area (Å²) in [6.45, 7) is 5.19. The van der Waals surface area contributed by atoms with Crippen LogP contribution in [0.3, 0.4) is 0 Å². The molecule has 1 amide bonds.